The fraction of sp³-hybridized carbons (Fsp3) is 0.743. The van der Waals surface area contributed by atoms with Crippen molar-refractivity contribution in [1.29, 1.82) is 0 Å². The second kappa shape index (κ2) is 18.6. The number of fused-ring (bicyclic) bond motifs is 1. The average Bonchev–Trinajstić information content (AvgIpc) is 3.25. The zero-order valence-corrected chi connectivity index (χ0v) is 34.0. The van der Waals surface area contributed by atoms with Crippen LogP contribution in [0.25, 0.3) is 0 Å². The van der Waals surface area contributed by atoms with E-state index in [-0.39, 0.29) is 62.7 Å². The predicted molar refractivity (Wildman–Crippen MR) is 175 cm³/mol. The van der Waals surface area contributed by atoms with Crippen molar-refractivity contribution in [3.8, 4) is 11.5 Å². The van der Waals surface area contributed by atoms with Gasteiger partial charge in [-0.15, -0.1) is 0 Å². The summed E-state index contributed by atoms with van der Waals surface area (Å²) in [4.78, 5) is 25.0. The Morgan fingerprint density at radius 3 is 2.11 bits per heavy atom. The largest absolute Gasteiger partial charge is 1.00 e. The maximum Gasteiger partial charge on any atom is 1.00 e. The van der Waals surface area contributed by atoms with Crippen LogP contribution in [0.1, 0.15) is 121 Å². The van der Waals surface area contributed by atoms with Gasteiger partial charge in [0.25, 0.3) is 5.76 Å². The molecule has 10 nitrogen and oxygen atoms in total. The molecule has 0 saturated heterocycles. The van der Waals surface area contributed by atoms with Gasteiger partial charge in [0.15, 0.2) is 11.9 Å². The molecule has 6 atom stereocenters. The van der Waals surface area contributed by atoms with Crippen LogP contribution in [0.3, 0.4) is 0 Å². The van der Waals surface area contributed by atoms with Gasteiger partial charge in [0.05, 0.1) is 6.61 Å². The van der Waals surface area contributed by atoms with E-state index >= 15 is 0 Å². The molecule has 0 amide bonds. The summed E-state index contributed by atoms with van der Waals surface area (Å²) in [6.45, 7) is 16.0. The van der Waals surface area contributed by atoms with E-state index in [0.29, 0.717) is 23.5 Å². The number of rotatable bonds is 18. The molecule has 47 heavy (non-hydrogen) atoms. The van der Waals surface area contributed by atoms with Crippen molar-refractivity contribution in [2.45, 2.75) is 144 Å². The molecule has 0 aromatic heterocycles. The zero-order valence-electron chi connectivity index (χ0n) is 30.0. The van der Waals surface area contributed by atoms with Gasteiger partial charge in [0.1, 0.15) is 23.2 Å². The molecule has 0 fully saturated rings. The van der Waals surface area contributed by atoms with Crippen LogP contribution >= 0.6 is 7.82 Å². The van der Waals surface area contributed by atoms with Crippen LogP contribution in [-0.4, -0.2) is 45.7 Å². The molecule has 0 radical (unpaired) electrons. The molecule has 0 saturated carbocycles. The fourth-order valence-electron chi connectivity index (χ4n) is 6.54. The molecule has 3 rings (SSSR count). The number of benzene rings is 1. The smallest absolute Gasteiger partial charge is 0.736 e. The van der Waals surface area contributed by atoms with E-state index in [1.165, 1.54) is 38.5 Å². The summed E-state index contributed by atoms with van der Waals surface area (Å²) in [5.41, 5.74) is 2.43. The van der Waals surface area contributed by atoms with Gasteiger partial charge in [-0.25, -0.2) is 9.36 Å². The predicted octanol–water partition coefficient (Wildman–Crippen LogP) is 4.05. The number of ether oxygens (including phenoxy) is 2. The maximum absolute atomic E-state index is 12.9. The van der Waals surface area contributed by atoms with Crippen molar-refractivity contribution in [2.75, 3.05) is 6.61 Å². The quantitative estimate of drug-likeness (QED) is 0.116. The number of phosphoric ester groups is 1. The van der Waals surface area contributed by atoms with E-state index in [0.717, 1.165) is 54.4 Å². The van der Waals surface area contributed by atoms with Crippen molar-refractivity contribution in [3.63, 3.8) is 0 Å². The van der Waals surface area contributed by atoms with Crippen LogP contribution in [0.2, 0.25) is 0 Å². The maximum atomic E-state index is 12.9. The SMILES string of the molecule is Cc1c(C)c2c(c(C)c1OP(=O)([O-])OC1=C(O)[C@@H]([C@@H](O)CO)OC1=O)CC[C@@](C)(CCC[C@H](C)CCC[C@H](C)CCCC(C)C)O2.[K+]. The molecule has 2 heterocycles. The fourth-order valence-corrected chi connectivity index (χ4v) is 7.46. The van der Waals surface area contributed by atoms with Crippen LogP contribution in [0.4, 0.5) is 0 Å². The van der Waals surface area contributed by atoms with Crippen molar-refractivity contribution >= 4 is 13.8 Å². The number of hydrogen-bond donors (Lipinski definition) is 3. The van der Waals surface area contributed by atoms with Gasteiger partial charge in [0, 0.05) is 5.56 Å². The van der Waals surface area contributed by atoms with E-state index in [4.69, 9.17) is 23.6 Å². The van der Waals surface area contributed by atoms with E-state index < -0.39 is 44.1 Å². The topological polar surface area (TPSA) is 155 Å². The monoisotopic (exact) mass is 706 g/mol. The van der Waals surface area contributed by atoms with Gasteiger partial charge < -0.3 is 38.7 Å². The van der Waals surface area contributed by atoms with Gasteiger partial charge >= 0.3 is 65.2 Å². The summed E-state index contributed by atoms with van der Waals surface area (Å²) in [6, 6.07) is 0. The Bertz CT molecular complexity index is 1300. The third kappa shape index (κ3) is 11.7. The number of esters is 1. The summed E-state index contributed by atoms with van der Waals surface area (Å²) in [6.07, 6.45) is 9.16. The molecule has 3 N–H and O–H groups in total. The second-order valence-corrected chi connectivity index (χ2v) is 15.6. The molecular formula is C35H56KO10P. The van der Waals surface area contributed by atoms with Gasteiger partial charge in [-0.1, -0.05) is 72.6 Å². The third-order valence-corrected chi connectivity index (χ3v) is 10.5. The number of phosphoric acid groups is 1. The summed E-state index contributed by atoms with van der Waals surface area (Å²) in [5.74, 6) is -0.170. The summed E-state index contributed by atoms with van der Waals surface area (Å²) in [7, 11) is -5.24. The Labute approximate surface area is 324 Å². The molecule has 2 aliphatic heterocycles. The summed E-state index contributed by atoms with van der Waals surface area (Å²) >= 11 is 0. The first-order chi connectivity index (χ1) is 21.5. The van der Waals surface area contributed by atoms with Crippen molar-refractivity contribution < 1.29 is 99.5 Å². The molecule has 1 aromatic carbocycles. The van der Waals surface area contributed by atoms with Crippen LogP contribution in [0.15, 0.2) is 11.5 Å². The molecule has 1 aromatic rings. The summed E-state index contributed by atoms with van der Waals surface area (Å²) in [5, 5.41) is 29.0. The molecule has 262 valence electrons. The zero-order chi connectivity index (χ0) is 34.4. The van der Waals surface area contributed by atoms with E-state index in [2.05, 4.69) is 34.6 Å². The number of aliphatic hydroxyl groups excluding tert-OH is 3. The Morgan fingerprint density at radius 2 is 1.53 bits per heavy atom. The second-order valence-electron chi connectivity index (χ2n) is 14.3. The van der Waals surface area contributed by atoms with Gasteiger partial charge in [-0.2, -0.15) is 0 Å². The molecule has 0 bridgehead atoms. The Balaban J connectivity index is 0.00000768. The minimum Gasteiger partial charge on any atom is -0.736 e. The van der Waals surface area contributed by atoms with Crippen molar-refractivity contribution in [3.05, 3.63) is 33.8 Å². The average molecular weight is 707 g/mol. The van der Waals surface area contributed by atoms with Crippen molar-refractivity contribution in [2.24, 2.45) is 17.8 Å². The first kappa shape index (κ1) is 42.5. The van der Waals surface area contributed by atoms with Crippen molar-refractivity contribution in [1.82, 2.24) is 0 Å². The molecule has 2 aliphatic rings. The first-order valence-corrected chi connectivity index (χ1v) is 18.4. The van der Waals surface area contributed by atoms with Gasteiger partial charge in [-0.05, 0) is 87.8 Å². The Hall–Kier alpha value is -0.624. The number of aliphatic hydroxyl groups is 3. The minimum absolute atomic E-state index is 0. The normalized spacial score (nSPS) is 22.5. The van der Waals surface area contributed by atoms with Gasteiger partial charge in [0.2, 0.25) is 0 Å². The number of cyclic esters (lactones) is 1. The van der Waals surface area contributed by atoms with Crippen LogP contribution in [0.5, 0.6) is 11.5 Å². The van der Waals surface area contributed by atoms with E-state index in [9.17, 15) is 24.5 Å². The van der Waals surface area contributed by atoms with Gasteiger partial charge in [-0.3, -0.25) is 0 Å². The first-order valence-electron chi connectivity index (χ1n) is 16.9. The summed E-state index contributed by atoms with van der Waals surface area (Å²) < 4.78 is 34.5. The molecule has 0 aliphatic carbocycles. The van der Waals surface area contributed by atoms with Crippen LogP contribution < -0.4 is 65.5 Å². The van der Waals surface area contributed by atoms with E-state index in [1.807, 2.05) is 6.92 Å². The minimum atomic E-state index is -5.24. The number of carbonyl (C=O) groups excluding carboxylic acids is 1. The van der Waals surface area contributed by atoms with Crippen LogP contribution in [-0.2, 0) is 25.0 Å². The standard InChI is InChI=1S/C35H57O10P.K/c1-21(2)12-9-13-22(3)14-10-15-23(4)16-11-18-35(8)19-17-27-26(7)30(24(5)25(6)31(27)43-35)44-46(40,41)45-33-29(38)32(28(37)20-36)42-34(33)39;/h21-23,28,32,36-38H,9-20H2,1-8H3,(H,40,41);/q;+1/p-1/t22-,23-,28+,32-,35-;/m1./s1. The molecule has 12 heteroatoms. The molecule has 0 spiro atoms. The molecule has 1 unspecified atom stereocenters. The van der Waals surface area contributed by atoms with Crippen LogP contribution in [0, 0.1) is 38.5 Å². The third-order valence-electron chi connectivity index (χ3n) is 9.70. The Morgan fingerprint density at radius 1 is 0.957 bits per heavy atom. The Kier molecular flexibility index (Phi) is 16.8. The molecular weight excluding hydrogens is 650 g/mol. The number of carbonyl (C=O) groups is 1. The van der Waals surface area contributed by atoms with E-state index in [1.54, 1.807) is 13.8 Å². The number of hydrogen-bond acceptors (Lipinski definition) is 10.